The Morgan fingerprint density at radius 2 is 1.96 bits per heavy atom. The number of amides is 1. The van der Waals surface area contributed by atoms with Crippen molar-refractivity contribution < 1.29 is 9.21 Å². The predicted octanol–water partition coefficient (Wildman–Crippen LogP) is 2.22. The maximum Gasteiger partial charge on any atom is 0.287 e. The molecule has 1 saturated heterocycles. The Bertz CT molecular complexity index is 817. The normalized spacial score (nSPS) is 17.4. The Morgan fingerprint density at radius 3 is 2.71 bits per heavy atom. The number of piperazine rings is 1. The number of carbonyl (C=O) groups excluding carboxylic acids is 1. The first-order valence-corrected chi connectivity index (χ1v) is 10.5. The number of carbonyl (C=O) groups is 1. The van der Waals surface area contributed by atoms with Gasteiger partial charge in [-0.25, -0.2) is 0 Å². The molecule has 2 N–H and O–H groups in total. The molecule has 0 aromatic carbocycles. The number of furan rings is 1. The summed E-state index contributed by atoms with van der Waals surface area (Å²) in [4.78, 5) is 17.7. The Hall–Kier alpha value is -2.12. The fourth-order valence-electron chi connectivity index (χ4n) is 4.40. The molecule has 7 heteroatoms. The lowest BCUT2D eigenvalue weighted by molar-refractivity contribution is 0.0918. The summed E-state index contributed by atoms with van der Waals surface area (Å²) in [6, 6.07) is 0. The van der Waals surface area contributed by atoms with Crippen LogP contribution < -0.4 is 5.32 Å². The van der Waals surface area contributed by atoms with Crippen LogP contribution in [0.3, 0.4) is 0 Å². The first-order chi connectivity index (χ1) is 13.7. The second-order valence-corrected chi connectivity index (χ2v) is 7.92. The molecule has 1 fully saturated rings. The lowest BCUT2D eigenvalue weighted by atomic mass is 9.93. The minimum Gasteiger partial charge on any atom is -0.455 e. The van der Waals surface area contributed by atoms with E-state index in [1.807, 2.05) is 13.1 Å². The van der Waals surface area contributed by atoms with Gasteiger partial charge in [0, 0.05) is 50.3 Å². The van der Waals surface area contributed by atoms with E-state index in [1.54, 1.807) is 0 Å². The number of H-pyrrole nitrogens is 1. The summed E-state index contributed by atoms with van der Waals surface area (Å²) < 4.78 is 5.93. The van der Waals surface area contributed by atoms with Gasteiger partial charge in [-0.05, 0) is 44.8 Å². The van der Waals surface area contributed by atoms with E-state index < -0.39 is 0 Å². The largest absolute Gasteiger partial charge is 0.455 e. The van der Waals surface area contributed by atoms with Crippen LogP contribution in [-0.2, 0) is 12.8 Å². The maximum absolute atomic E-state index is 12.6. The molecule has 0 radical (unpaired) electrons. The number of fused-ring (bicyclic) bond motifs is 3. The lowest BCUT2D eigenvalue weighted by Crippen LogP contribution is -2.47. The van der Waals surface area contributed by atoms with Crippen LogP contribution in [0.15, 0.2) is 10.6 Å². The van der Waals surface area contributed by atoms with E-state index in [9.17, 15) is 4.79 Å². The van der Waals surface area contributed by atoms with E-state index >= 15 is 0 Å². The number of aryl methyl sites for hydroxylation is 2. The minimum absolute atomic E-state index is 0.110. The van der Waals surface area contributed by atoms with Gasteiger partial charge in [0.05, 0.1) is 11.9 Å². The highest BCUT2D eigenvalue weighted by Crippen LogP contribution is 2.37. The van der Waals surface area contributed by atoms with Crippen molar-refractivity contribution in [3.05, 3.63) is 28.8 Å². The second kappa shape index (κ2) is 8.49. The SMILES string of the molecule is CCCN1CCN(CCCNC(=O)c2oc3c(c2C)-c2[nH]ncc2CC3)CC1. The van der Waals surface area contributed by atoms with Crippen molar-refractivity contribution in [2.75, 3.05) is 45.8 Å². The van der Waals surface area contributed by atoms with Crippen LogP contribution in [0.1, 0.15) is 47.2 Å². The van der Waals surface area contributed by atoms with Gasteiger partial charge in [0.2, 0.25) is 0 Å². The van der Waals surface area contributed by atoms with Gasteiger partial charge in [-0.2, -0.15) is 5.10 Å². The molecule has 2 aromatic heterocycles. The molecule has 1 aliphatic heterocycles. The topological polar surface area (TPSA) is 77.4 Å². The quantitative estimate of drug-likeness (QED) is 0.715. The molecule has 0 saturated carbocycles. The molecule has 0 bridgehead atoms. The Balaban J connectivity index is 1.27. The van der Waals surface area contributed by atoms with E-state index in [1.165, 1.54) is 18.5 Å². The van der Waals surface area contributed by atoms with Gasteiger partial charge >= 0.3 is 0 Å². The van der Waals surface area contributed by atoms with Crippen molar-refractivity contribution in [3.63, 3.8) is 0 Å². The molecule has 1 aliphatic carbocycles. The molecule has 0 atom stereocenters. The fourth-order valence-corrected chi connectivity index (χ4v) is 4.40. The summed E-state index contributed by atoms with van der Waals surface area (Å²) in [5.74, 6) is 1.23. The first kappa shape index (κ1) is 19.2. The number of hydrogen-bond donors (Lipinski definition) is 2. The van der Waals surface area contributed by atoms with Crippen LogP contribution in [0.4, 0.5) is 0 Å². The molecule has 0 unspecified atom stereocenters. The van der Waals surface area contributed by atoms with Gasteiger partial charge in [-0.15, -0.1) is 0 Å². The molecule has 1 amide bonds. The number of nitrogens with zero attached hydrogens (tertiary/aromatic N) is 3. The Morgan fingerprint density at radius 1 is 1.21 bits per heavy atom. The number of hydrogen-bond acceptors (Lipinski definition) is 5. The zero-order valence-corrected chi connectivity index (χ0v) is 17.0. The van der Waals surface area contributed by atoms with E-state index in [0.717, 1.165) is 74.6 Å². The summed E-state index contributed by atoms with van der Waals surface area (Å²) in [5.41, 5.74) is 4.13. The van der Waals surface area contributed by atoms with Crippen molar-refractivity contribution >= 4 is 5.91 Å². The average Bonchev–Trinajstić information content (AvgIpc) is 3.30. The highest BCUT2D eigenvalue weighted by molar-refractivity contribution is 5.95. The summed E-state index contributed by atoms with van der Waals surface area (Å²) >= 11 is 0. The zero-order chi connectivity index (χ0) is 19.5. The second-order valence-electron chi connectivity index (χ2n) is 7.92. The summed E-state index contributed by atoms with van der Waals surface area (Å²) in [7, 11) is 0. The standard InChI is InChI=1S/C21H31N5O2/c1-3-8-25-10-12-26(13-11-25)9-4-7-22-21(27)20-15(2)18-17(28-20)6-5-16-14-23-24-19(16)18/h14H,3-13H2,1-2H3,(H,22,27)(H,23,24). The van der Waals surface area contributed by atoms with Gasteiger partial charge in [-0.3, -0.25) is 9.89 Å². The molecule has 152 valence electrons. The maximum atomic E-state index is 12.6. The van der Waals surface area contributed by atoms with Crippen LogP contribution in [0.5, 0.6) is 0 Å². The van der Waals surface area contributed by atoms with Crippen molar-refractivity contribution in [3.8, 4) is 11.3 Å². The summed E-state index contributed by atoms with van der Waals surface area (Å²) in [5, 5.41) is 10.2. The third-order valence-electron chi connectivity index (χ3n) is 5.96. The Kier molecular flexibility index (Phi) is 5.82. The van der Waals surface area contributed by atoms with Crippen molar-refractivity contribution in [2.45, 2.75) is 39.5 Å². The van der Waals surface area contributed by atoms with Crippen LogP contribution in [0.2, 0.25) is 0 Å². The third-order valence-corrected chi connectivity index (χ3v) is 5.96. The summed E-state index contributed by atoms with van der Waals surface area (Å²) in [6.07, 6.45) is 5.78. The highest BCUT2D eigenvalue weighted by atomic mass is 16.4. The van der Waals surface area contributed by atoms with Crippen LogP contribution >= 0.6 is 0 Å². The molecule has 2 aliphatic rings. The van der Waals surface area contributed by atoms with Gasteiger partial charge in [0.25, 0.3) is 5.91 Å². The Labute approximate surface area is 166 Å². The van der Waals surface area contributed by atoms with Gasteiger partial charge in [0.1, 0.15) is 5.76 Å². The zero-order valence-electron chi connectivity index (χ0n) is 17.0. The van der Waals surface area contributed by atoms with E-state index in [0.29, 0.717) is 12.3 Å². The van der Waals surface area contributed by atoms with Crippen molar-refractivity contribution in [1.82, 2.24) is 25.3 Å². The fraction of sp³-hybridized carbons (Fsp3) is 0.619. The number of aromatic nitrogens is 2. The van der Waals surface area contributed by atoms with Crippen molar-refractivity contribution in [1.29, 1.82) is 0 Å². The number of aromatic amines is 1. The van der Waals surface area contributed by atoms with Crippen LogP contribution in [0, 0.1) is 6.92 Å². The molecule has 3 heterocycles. The first-order valence-electron chi connectivity index (χ1n) is 10.5. The van der Waals surface area contributed by atoms with E-state index in [4.69, 9.17) is 4.42 Å². The summed E-state index contributed by atoms with van der Waals surface area (Å²) in [6.45, 7) is 11.7. The third kappa shape index (κ3) is 3.86. The molecular formula is C21H31N5O2. The number of nitrogens with one attached hydrogen (secondary N) is 2. The molecule has 28 heavy (non-hydrogen) atoms. The monoisotopic (exact) mass is 385 g/mol. The molecule has 2 aromatic rings. The van der Waals surface area contributed by atoms with Crippen molar-refractivity contribution in [2.24, 2.45) is 0 Å². The predicted molar refractivity (Wildman–Crippen MR) is 109 cm³/mol. The van der Waals surface area contributed by atoms with Gasteiger partial charge < -0.3 is 19.5 Å². The number of rotatable bonds is 7. The average molecular weight is 386 g/mol. The van der Waals surface area contributed by atoms with E-state index in [-0.39, 0.29) is 5.91 Å². The molecule has 0 spiro atoms. The lowest BCUT2D eigenvalue weighted by Gasteiger charge is -2.34. The molecular weight excluding hydrogens is 354 g/mol. The highest BCUT2D eigenvalue weighted by Gasteiger charge is 2.28. The smallest absolute Gasteiger partial charge is 0.287 e. The minimum atomic E-state index is -0.110. The van der Waals surface area contributed by atoms with Crippen LogP contribution in [0.25, 0.3) is 11.3 Å². The van der Waals surface area contributed by atoms with Crippen LogP contribution in [-0.4, -0.2) is 71.7 Å². The van der Waals surface area contributed by atoms with Gasteiger partial charge in [0.15, 0.2) is 5.76 Å². The van der Waals surface area contributed by atoms with E-state index in [2.05, 4.69) is 32.2 Å². The molecule has 4 rings (SSSR count). The van der Waals surface area contributed by atoms with Gasteiger partial charge in [-0.1, -0.05) is 6.92 Å². The molecule has 7 nitrogen and oxygen atoms in total.